The van der Waals surface area contributed by atoms with Gasteiger partial charge < -0.3 is 4.42 Å². The van der Waals surface area contributed by atoms with E-state index in [9.17, 15) is 4.79 Å². The topological polar surface area (TPSA) is 58.9 Å². The number of aromatic nitrogens is 2. The number of rotatable bonds is 1. The van der Waals surface area contributed by atoms with Gasteiger partial charge in [-0.3, -0.25) is 4.98 Å². The van der Waals surface area contributed by atoms with Gasteiger partial charge in [0.15, 0.2) is 0 Å². The molecule has 0 bridgehead atoms. The van der Waals surface area contributed by atoms with Gasteiger partial charge in [-0.2, -0.15) is 0 Å². The van der Waals surface area contributed by atoms with Crippen molar-refractivity contribution in [3.63, 3.8) is 0 Å². The maximum absolute atomic E-state index is 10.9. The van der Waals surface area contributed by atoms with E-state index < -0.39 is 5.76 Å². The predicted molar refractivity (Wildman–Crippen MR) is 56.4 cm³/mol. The second-order valence-electron chi connectivity index (χ2n) is 3.38. The van der Waals surface area contributed by atoms with Crippen LogP contribution in [-0.2, 0) is 0 Å². The largest absolute Gasteiger partial charge is 0.418 e. The van der Waals surface area contributed by atoms with Crippen LogP contribution in [0.5, 0.6) is 0 Å². The summed E-state index contributed by atoms with van der Waals surface area (Å²) in [6.45, 7) is 4.06. The summed E-state index contributed by atoms with van der Waals surface area (Å²) in [5, 5.41) is 0. The Labute approximate surface area is 88.5 Å². The van der Waals surface area contributed by atoms with Gasteiger partial charge >= 0.3 is 5.76 Å². The van der Waals surface area contributed by atoms with Crippen molar-refractivity contribution in [2.24, 2.45) is 0 Å². The summed E-state index contributed by atoms with van der Waals surface area (Å²) in [6, 6.07) is 1.81. The number of fused-ring (bicyclic) bond motifs is 1. The maximum Gasteiger partial charge on any atom is 0.418 e. The first kappa shape index (κ1) is 9.45. The van der Waals surface area contributed by atoms with E-state index in [0.29, 0.717) is 11.2 Å². The van der Waals surface area contributed by atoms with Crippen LogP contribution in [0.15, 0.2) is 19.8 Å². The fourth-order valence-electron chi connectivity index (χ4n) is 1.28. The summed E-state index contributed by atoms with van der Waals surface area (Å²) in [6.07, 6.45) is 0. The van der Waals surface area contributed by atoms with E-state index >= 15 is 0 Å². The van der Waals surface area contributed by atoms with Crippen LogP contribution < -0.4 is 5.76 Å². The lowest BCUT2D eigenvalue weighted by molar-refractivity contribution is 0.543. The van der Waals surface area contributed by atoms with Crippen LogP contribution >= 0.6 is 15.9 Å². The highest BCUT2D eigenvalue weighted by atomic mass is 79.9. The molecule has 0 fully saturated rings. The molecule has 0 aliphatic rings. The van der Waals surface area contributed by atoms with Crippen LogP contribution in [0.4, 0.5) is 0 Å². The smallest absolute Gasteiger partial charge is 0.389 e. The standard InChI is InChI=1S/C9H9BrN2O2/c1-4(2)7-5(10)3-6-8(12-7)14-9(13)11-6/h3-4H,1-2H3,(H,11,13). The van der Waals surface area contributed by atoms with Crippen molar-refractivity contribution in [3.05, 3.63) is 26.8 Å². The Bertz CT molecular complexity index is 527. The predicted octanol–water partition coefficient (Wildman–Crippen LogP) is 2.40. The molecule has 0 spiro atoms. The van der Waals surface area contributed by atoms with Crippen LogP contribution in [0, 0.1) is 0 Å². The van der Waals surface area contributed by atoms with Gasteiger partial charge in [-0.05, 0) is 27.9 Å². The van der Waals surface area contributed by atoms with Crippen molar-refractivity contribution < 1.29 is 4.42 Å². The number of nitrogens with zero attached hydrogens (tertiary/aromatic N) is 1. The summed E-state index contributed by atoms with van der Waals surface area (Å²) >= 11 is 3.40. The Morgan fingerprint density at radius 2 is 2.29 bits per heavy atom. The van der Waals surface area contributed by atoms with E-state index in [4.69, 9.17) is 4.42 Å². The fraction of sp³-hybridized carbons (Fsp3) is 0.333. The minimum absolute atomic E-state index is 0.286. The average Bonchev–Trinajstić information content (AvgIpc) is 2.42. The van der Waals surface area contributed by atoms with Crippen LogP contribution in [0.1, 0.15) is 25.5 Å². The van der Waals surface area contributed by atoms with Crippen LogP contribution in [-0.4, -0.2) is 9.97 Å². The third-order valence-electron chi connectivity index (χ3n) is 1.94. The molecule has 0 saturated carbocycles. The molecule has 2 rings (SSSR count). The Balaban J connectivity index is 2.76. The minimum Gasteiger partial charge on any atom is -0.389 e. The molecule has 4 nitrogen and oxygen atoms in total. The monoisotopic (exact) mass is 256 g/mol. The number of nitrogens with one attached hydrogen (secondary N) is 1. The minimum atomic E-state index is -0.472. The Kier molecular flexibility index (Phi) is 2.19. The zero-order valence-corrected chi connectivity index (χ0v) is 9.38. The second-order valence-corrected chi connectivity index (χ2v) is 4.23. The number of H-pyrrole nitrogens is 1. The average molecular weight is 257 g/mol. The molecule has 0 atom stereocenters. The Hall–Kier alpha value is -1.10. The summed E-state index contributed by atoms with van der Waals surface area (Å²) in [4.78, 5) is 17.7. The number of oxazole rings is 1. The van der Waals surface area contributed by atoms with Gasteiger partial charge in [0.1, 0.15) is 5.52 Å². The summed E-state index contributed by atoms with van der Waals surface area (Å²) < 4.78 is 5.76. The van der Waals surface area contributed by atoms with Crippen molar-refractivity contribution in [2.75, 3.05) is 0 Å². The molecule has 14 heavy (non-hydrogen) atoms. The van der Waals surface area contributed by atoms with Crippen molar-refractivity contribution >= 4 is 27.2 Å². The van der Waals surface area contributed by atoms with Crippen molar-refractivity contribution in [2.45, 2.75) is 19.8 Å². The molecular formula is C9H9BrN2O2. The highest BCUT2D eigenvalue weighted by molar-refractivity contribution is 9.10. The number of pyridine rings is 1. The molecule has 2 aromatic heterocycles. The fourth-order valence-corrected chi connectivity index (χ4v) is 2.06. The lowest BCUT2D eigenvalue weighted by atomic mass is 10.1. The highest BCUT2D eigenvalue weighted by Crippen LogP contribution is 2.25. The van der Waals surface area contributed by atoms with Crippen molar-refractivity contribution in [1.29, 1.82) is 0 Å². The first-order chi connectivity index (χ1) is 6.58. The van der Waals surface area contributed by atoms with Gasteiger partial charge in [0.2, 0.25) is 5.71 Å². The molecular weight excluding hydrogens is 248 g/mol. The number of hydrogen-bond acceptors (Lipinski definition) is 3. The SMILES string of the molecule is CC(C)c1nc2oc(=O)[nH]c2cc1Br. The van der Waals surface area contributed by atoms with Gasteiger partial charge in [0.25, 0.3) is 0 Å². The van der Waals surface area contributed by atoms with Crippen molar-refractivity contribution in [3.8, 4) is 0 Å². The first-order valence-corrected chi connectivity index (χ1v) is 5.06. The molecule has 5 heteroatoms. The van der Waals surface area contributed by atoms with Gasteiger partial charge in [0, 0.05) is 4.47 Å². The maximum atomic E-state index is 10.9. The number of hydrogen-bond donors (Lipinski definition) is 1. The lowest BCUT2D eigenvalue weighted by Gasteiger charge is -2.05. The summed E-state index contributed by atoms with van der Waals surface area (Å²) in [5.74, 6) is -0.186. The molecule has 0 aliphatic heterocycles. The van der Waals surface area contributed by atoms with E-state index in [1.165, 1.54) is 0 Å². The van der Waals surface area contributed by atoms with E-state index in [1.54, 1.807) is 0 Å². The molecule has 0 amide bonds. The third-order valence-corrected chi connectivity index (χ3v) is 2.58. The molecule has 0 saturated heterocycles. The van der Waals surface area contributed by atoms with Crippen LogP contribution in [0.25, 0.3) is 11.2 Å². The highest BCUT2D eigenvalue weighted by Gasteiger charge is 2.11. The molecule has 2 aromatic rings. The van der Waals surface area contributed by atoms with E-state index in [1.807, 2.05) is 19.9 Å². The summed E-state index contributed by atoms with van der Waals surface area (Å²) in [5.41, 5.74) is 1.87. The van der Waals surface area contributed by atoms with Gasteiger partial charge in [-0.1, -0.05) is 13.8 Å². The van der Waals surface area contributed by atoms with Gasteiger partial charge in [-0.15, -0.1) is 0 Å². The Morgan fingerprint density at radius 1 is 1.57 bits per heavy atom. The van der Waals surface area contributed by atoms with Gasteiger partial charge in [0.05, 0.1) is 5.69 Å². The van der Waals surface area contributed by atoms with E-state index in [2.05, 4.69) is 25.9 Å². The second kappa shape index (κ2) is 3.24. The quantitative estimate of drug-likeness (QED) is 0.853. The van der Waals surface area contributed by atoms with E-state index in [0.717, 1.165) is 10.2 Å². The molecule has 0 unspecified atom stereocenters. The molecule has 74 valence electrons. The Morgan fingerprint density at radius 3 is 2.93 bits per heavy atom. The number of halogens is 1. The molecule has 0 aliphatic carbocycles. The molecule has 1 N–H and O–H groups in total. The first-order valence-electron chi connectivity index (χ1n) is 4.27. The molecule has 2 heterocycles. The van der Waals surface area contributed by atoms with Crippen molar-refractivity contribution in [1.82, 2.24) is 9.97 Å². The van der Waals surface area contributed by atoms with Gasteiger partial charge in [-0.25, -0.2) is 9.78 Å². The molecule has 0 aromatic carbocycles. The lowest BCUT2D eigenvalue weighted by Crippen LogP contribution is -1.93. The zero-order chi connectivity index (χ0) is 10.3. The molecule has 0 radical (unpaired) electrons. The van der Waals surface area contributed by atoms with Crippen LogP contribution in [0.2, 0.25) is 0 Å². The normalized spacial score (nSPS) is 11.4. The van der Waals surface area contributed by atoms with Crippen LogP contribution in [0.3, 0.4) is 0 Å². The summed E-state index contributed by atoms with van der Waals surface area (Å²) in [7, 11) is 0. The zero-order valence-electron chi connectivity index (χ0n) is 7.80. The number of aromatic amines is 1. The van der Waals surface area contributed by atoms with E-state index in [-0.39, 0.29) is 5.92 Å². The third kappa shape index (κ3) is 1.48.